The first-order valence-corrected chi connectivity index (χ1v) is 4.42. The van der Waals surface area contributed by atoms with E-state index >= 15 is 0 Å². The lowest BCUT2D eigenvalue weighted by atomic mass is 10.2. The molecule has 82 valence electrons. The van der Waals surface area contributed by atoms with Gasteiger partial charge in [-0.3, -0.25) is 4.79 Å². The molecule has 5 nitrogen and oxygen atoms in total. The maximum atomic E-state index is 13.1. The fraction of sp³-hybridized carbons (Fsp3) is 0. The Hall–Kier alpha value is -2.37. The summed E-state index contributed by atoms with van der Waals surface area (Å²) in [6.45, 7) is 0. The molecule has 2 aromatic rings. The Bertz CT molecular complexity index is 511. The normalized spacial score (nSPS) is 10.1. The number of nitrogens with zero attached hydrogens (tertiary/aromatic N) is 1. The fourth-order valence-corrected chi connectivity index (χ4v) is 1.14. The SMILES string of the molecule is Nc1ccc(C(=O)Nc2cnoc2)cc1F. The number of nitrogen functional groups attached to an aromatic ring is 1. The molecule has 6 heteroatoms. The number of halogens is 1. The number of nitrogens with two attached hydrogens (primary N) is 1. The molecule has 0 spiro atoms. The monoisotopic (exact) mass is 221 g/mol. The summed E-state index contributed by atoms with van der Waals surface area (Å²) in [6, 6.07) is 3.83. The molecule has 0 saturated carbocycles. The number of hydrogen-bond donors (Lipinski definition) is 2. The largest absolute Gasteiger partial charge is 0.396 e. The van der Waals surface area contributed by atoms with Gasteiger partial charge in [-0.05, 0) is 18.2 Å². The predicted molar refractivity (Wildman–Crippen MR) is 55.3 cm³/mol. The smallest absolute Gasteiger partial charge is 0.255 e. The van der Waals surface area contributed by atoms with Crippen molar-refractivity contribution < 1.29 is 13.7 Å². The van der Waals surface area contributed by atoms with Crippen molar-refractivity contribution >= 4 is 17.3 Å². The van der Waals surface area contributed by atoms with Crippen LogP contribution >= 0.6 is 0 Å². The molecule has 1 aromatic carbocycles. The molecule has 1 aromatic heterocycles. The van der Waals surface area contributed by atoms with Crippen LogP contribution in [-0.2, 0) is 0 Å². The van der Waals surface area contributed by atoms with E-state index in [1.165, 1.54) is 24.6 Å². The number of amides is 1. The van der Waals surface area contributed by atoms with Gasteiger partial charge >= 0.3 is 0 Å². The summed E-state index contributed by atoms with van der Waals surface area (Å²) in [5, 5.41) is 5.90. The van der Waals surface area contributed by atoms with Gasteiger partial charge in [-0.2, -0.15) is 0 Å². The zero-order valence-electron chi connectivity index (χ0n) is 8.11. The maximum Gasteiger partial charge on any atom is 0.255 e. The highest BCUT2D eigenvalue weighted by molar-refractivity contribution is 6.04. The first kappa shape index (κ1) is 10.2. The Labute approximate surface area is 90.0 Å². The quantitative estimate of drug-likeness (QED) is 0.755. The van der Waals surface area contributed by atoms with Crippen LogP contribution in [0.3, 0.4) is 0 Å². The molecule has 16 heavy (non-hydrogen) atoms. The van der Waals surface area contributed by atoms with Gasteiger partial charge in [0.05, 0.1) is 11.9 Å². The zero-order valence-corrected chi connectivity index (χ0v) is 8.11. The van der Waals surface area contributed by atoms with E-state index in [1.54, 1.807) is 0 Å². The van der Waals surface area contributed by atoms with Crippen molar-refractivity contribution in [3.63, 3.8) is 0 Å². The summed E-state index contributed by atoms with van der Waals surface area (Å²) in [5.41, 5.74) is 5.87. The summed E-state index contributed by atoms with van der Waals surface area (Å²) in [6.07, 6.45) is 2.61. The van der Waals surface area contributed by atoms with Gasteiger partial charge in [-0.15, -0.1) is 0 Å². The zero-order chi connectivity index (χ0) is 11.5. The number of rotatable bonds is 2. The van der Waals surface area contributed by atoms with Crippen LogP contribution in [0.25, 0.3) is 0 Å². The second-order valence-electron chi connectivity index (χ2n) is 3.10. The van der Waals surface area contributed by atoms with E-state index < -0.39 is 11.7 Å². The first-order valence-electron chi connectivity index (χ1n) is 4.42. The number of carbonyl (C=O) groups excluding carboxylic acids is 1. The third kappa shape index (κ3) is 2.00. The lowest BCUT2D eigenvalue weighted by Crippen LogP contribution is -2.11. The predicted octanol–water partition coefficient (Wildman–Crippen LogP) is 1.65. The first-order chi connectivity index (χ1) is 7.66. The van der Waals surface area contributed by atoms with Crippen molar-refractivity contribution in [2.24, 2.45) is 0 Å². The van der Waals surface area contributed by atoms with Crippen LogP contribution < -0.4 is 11.1 Å². The van der Waals surface area contributed by atoms with Crippen LogP contribution in [-0.4, -0.2) is 11.1 Å². The van der Waals surface area contributed by atoms with Gasteiger partial charge in [0.1, 0.15) is 17.8 Å². The van der Waals surface area contributed by atoms with E-state index in [-0.39, 0.29) is 11.3 Å². The molecule has 0 bridgehead atoms. The third-order valence-electron chi connectivity index (χ3n) is 1.95. The molecule has 0 aliphatic rings. The molecule has 0 unspecified atom stereocenters. The van der Waals surface area contributed by atoms with E-state index in [4.69, 9.17) is 5.73 Å². The molecule has 0 aliphatic carbocycles. The van der Waals surface area contributed by atoms with E-state index in [9.17, 15) is 9.18 Å². The Balaban J connectivity index is 2.18. The van der Waals surface area contributed by atoms with Crippen LogP contribution in [0.5, 0.6) is 0 Å². The highest BCUT2D eigenvalue weighted by Gasteiger charge is 2.09. The number of hydrogen-bond acceptors (Lipinski definition) is 4. The van der Waals surface area contributed by atoms with E-state index in [2.05, 4.69) is 15.0 Å². The van der Waals surface area contributed by atoms with Gasteiger partial charge in [0.25, 0.3) is 5.91 Å². The Morgan fingerprint density at radius 3 is 2.94 bits per heavy atom. The van der Waals surface area contributed by atoms with E-state index in [1.807, 2.05) is 0 Å². The van der Waals surface area contributed by atoms with Crippen molar-refractivity contribution in [1.82, 2.24) is 5.16 Å². The van der Waals surface area contributed by atoms with E-state index in [0.717, 1.165) is 6.07 Å². The molecule has 1 amide bonds. The second-order valence-corrected chi connectivity index (χ2v) is 3.10. The van der Waals surface area contributed by atoms with Crippen molar-refractivity contribution in [2.45, 2.75) is 0 Å². The molecule has 0 saturated heterocycles. The topological polar surface area (TPSA) is 81.2 Å². The van der Waals surface area contributed by atoms with Crippen molar-refractivity contribution in [3.8, 4) is 0 Å². The van der Waals surface area contributed by atoms with Gasteiger partial charge in [0, 0.05) is 5.56 Å². The Kier molecular flexibility index (Phi) is 2.55. The van der Waals surface area contributed by atoms with Gasteiger partial charge in [-0.25, -0.2) is 4.39 Å². The minimum atomic E-state index is -0.627. The minimum absolute atomic E-state index is 0.00141. The second kappa shape index (κ2) is 4.01. The standard InChI is InChI=1S/C10H8FN3O2/c11-8-3-6(1-2-9(8)12)10(15)14-7-4-13-16-5-7/h1-5H,12H2,(H,14,15). The van der Waals surface area contributed by atoms with Gasteiger partial charge in [0.15, 0.2) is 0 Å². The number of nitrogens with one attached hydrogen (secondary N) is 1. The molecular formula is C10H8FN3O2. The summed E-state index contributed by atoms with van der Waals surface area (Å²) < 4.78 is 17.6. The molecule has 3 N–H and O–H groups in total. The minimum Gasteiger partial charge on any atom is -0.396 e. The molecule has 0 aliphatic heterocycles. The van der Waals surface area contributed by atoms with Crippen LogP contribution in [0.4, 0.5) is 15.8 Å². The summed E-state index contributed by atoms with van der Waals surface area (Å²) in [7, 11) is 0. The Morgan fingerprint density at radius 1 is 1.50 bits per heavy atom. The number of carbonyl (C=O) groups is 1. The number of anilines is 2. The fourth-order valence-electron chi connectivity index (χ4n) is 1.14. The average molecular weight is 221 g/mol. The van der Waals surface area contributed by atoms with Crippen LogP contribution in [0.2, 0.25) is 0 Å². The van der Waals surface area contributed by atoms with Gasteiger partial charge in [-0.1, -0.05) is 5.16 Å². The summed E-state index contributed by atoms with van der Waals surface area (Å²) in [5.74, 6) is -1.08. The average Bonchev–Trinajstić information content (AvgIpc) is 2.74. The summed E-state index contributed by atoms with van der Waals surface area (Å²) in [4.78, 5) is 11.6. The lowest BCUT2D eigenvalue weighted by Gasteiger charge is -2.03. The van der Waals surface area contributed by atoms with Crippen LogP contribution in [0.1, 0.15) is 10.4 Å². The molecule has 0 radical (unpaired) electrons. The van der Waals surface area contributed by atoms with Crippen molar-refractivity contribution in [2.75, 3.05) is 11.1 Å². The molecule has 0 fully saturated rings. The summed E-state index contributed by atoms with van der Waals surface area (Å²) >= 11 is 0. The Morgan fingerprint density at radius 2 is 2.31 bits per heavy atom. The highest BCUT2D eigenvalue weighted by Crippen LogP contribution is 2.13. The van der Waals surface area contributed by atoms with Crippen LogP contribution in [0.15, 0.2) is 35.2 Å². The van der Waals surface area contributed by atoms with Crippen molar-refractivity contribution in [3.05, 3.63) is 42.0 Å². The van der Waals surface area contributed by atoms with Gasteiger partial charge < -0.3 is 15.6 Å². The lowest BCUT2D eigenvalue weighted by molar-refractivity contribution is 0.102. The third-order valence-corrected chi connectivity index (χ3v) is 1.95. The van der Waals surface area contributed by atoms with Crippen molar-refractivity contribution in [1.29, 1.82) is 0 Å². The molecular weight excluding hydrogens is 213 g/mol. The number of benzene rings is 1. The van der Waals surface area contributed by atoms with E-state index in [0.29, 0.717) is 5.69 Å². The molecule has 2 rings (SSSR count). The molecule has 0 atom stereocenters. The van der Waals surface area contributed by atoms with Crippen LogP contribution in [0, 0.1) is 5.82 Å². The van der Waals surface area contributed by atoms with Gasteiger partial charge in [0.2, 0.25) is 0 Å². The number of aromatic nitrogens is 1. The maximum absolute atomic E-state index is 13.1. The molecule has 1 heterocycles. The highest BCUT2D eigenvalue weighted by atomic mass is 19.1.